The average Bonchev–Trinajstić information content (AvgIpc) is 2.14. The van der Waals surface area contributed by atoms with Gasteiger partial charge in [0.25, 0.3) is 0 Å². The highest BCUT2D eigenvalue weighted by molar-refractivity contribution is 5.93. The number of esters is 1. The molecule has 0 N–H and O–H groups in total. The Labute approximate surface area is 77.6 Å². The third-order valence-electron chi connectivity index (χ3n) is 1.21. The van der Waals surface area contributed by atoms with Crippen LogP contribution in [0.3, 0.4) is 0 Å². The minimum atomic E-state index is -0.631. The van der Waals surface area contributed by atoms with Gasteiger partial charge in [-0.3, -0.25) is 0 Å². The number of ether oxygens (including phenoxy) is 1. The van der Waals surface area contributed by atoms with Gasteiger partial charge in [-0.25, -0.2) is 4.79 Å². The lowest BCUT2D eigenvalue weighted by molar-refractivity contribution is -0.138. The molecule has 13 heavy (non-hydrogen) atoms. The van der Waals surface area contributed by atoms with Crippen molar-refractivity contribution in [3.05, 3.63) is 36.5 Å². The Balaban J connectivity index is 4.61. The van der Waals surface area contributed by atoms with Crippen LogP contribution in [-0.2, 0) is 9.53 Å². The Bertz CT molecular complexity index is 295. The smallest absolute Gasteiger partial charge is 0.348 e. The Morgan fingerprint density at radius 1 is 1.69 bits per heavy atom. The van der Waals surface area contributed by atoms with Crippen LogP contribution in [0.5, 0.6) is 0 Å². The van der Waals surface area contributed by atoms with Gasteiger partial charge in [-0.15, -0.1) is 0 Å². The molecule has 0 saturated carbocycles. The van der Waals surface area contributed by atoms with Gasteiger partial charge in [0.2, 0.25) is 0 Å². The summed E-state index contributed by atoms with van der Waals surface area (Å²) in [4.78, 5) is 11.0. The minimum Gasteiger partial charge on any atom is -0.462 e. The molecule has 0 fully saturated rings. The van der Waals surface area contributed by atoms with Crippen molar-refractivity contribution in [2.45, 2.75) is 6.92 Å². The van der Waals surface area contributed by atoms with Gasteiger partial charge in [0, 0.05) is 0 Å². The normalized spacial score (nSPS) is 10.0. The van der Waals surface area contributed by atoms with E-state index in [1.165, 1.54) is 12.2 Å². The van der Waals surface area contributed by atoms with E-state index in [4.69, 9.17) is 5.26 Å². The Morgan fingerprint density at radius 3 is 2.69 bits per heavy atom. The fourth-order valence-electron chi connectivity index (χ4n) is 0.590. The van der Waals surface area contributed by atoms with Crippen LogP contribution in [0.15, 0.2) is 36.5 Å². The van der Waals surface area contributed by atoms with E-state index in [0.717, 1.165) is 0 Å². The maximum Gasteiger partial charge on any atom is 0.348 e. The summed E-state index contributed by atoms with van der Waals surface area (Å²) in [5, 5.41) is 8.57. The molecule has 68 valence electrons. The van der Waals surface area contributed by atoms with Gasteiger partial charge in [-0.1, -0.05) is 19.2 Å². The van der Waals surface area contributed by atoms with Gasteiger partial charge in [-0.05, 0) is 18.6 Å². The molecule has 0 saturated heterocycles. The first-order chi connectivity index (χ1) is 6.15. The van der Waals surface area contributed by atoms with Crippen molar-refractivity contribution in [2.75, 3.05) is 6.61 Å². The van der Waals surface area contributed by atoms with Crippen LogP contribution < -0.4 is 0 Å². The zero-order valence-electron chi connectivity index (χ0n) is 7.54. The topological polar surface area (TPSA) is 50.1 Å². The van der Waals surface area contributed by atoms with E-state index >= 15 is 0 Å². The molecule has 0 spiro atoms. The third kappa shape index (κ3) is 3.92. The molecule has 0 aliphatic carbocycles. The summed E-state index contributed by atoms with van der Waals surface area (Å²) >= 11 is 0. The zero-order valence-corrected chi connectivity index (χ0v) is 7.54. The standard InChI is InChI=1S/C10H11NO2/c1-4-8(3)6-9(7-11)10(12)13-5-2/h4,6H,1,3,5H2,2H3/b9-6+. The third-order valence-corrected chi connectivity index (χ3v) is 1.21. The van der Waals surface area contributed by atoms with Crippen LogP contribution in [0.2, 0.25) is 0 Å². The maximum absolute atomic E-state index is 11.0. The quantitative estimate of drug-likeness (QED) is 0.284. The van der Waals surface area contributed by atoms with Crippen molar-refractivity contribution in [1.29, 1.82) is 5.26 Å². The van der Waals surface area contributed by atoms with Crippen LogP contribution >= 0.6 is 0 Å². The molecule has 0 radical (unpaired) electrons. The van der Waals surface area contributed by atoms with Crippen LogP contribution in [0.4, 0.5) is 0 Å². The van der Waals surface area contributed by atoms with E-state index in [2.05, 4.69) is 17.9 Å². The fourth-order valence-corrected chi connectivity index (χ4v) is 0.590. The van der Waals surface area contributed by atoms with E-state index in [1.54, 1.807) is 13.0 Å². The lowest BCUT2D eigenvalue weighted by atomic mass is 10.2. The Morgan fingerprint density at radius 2 is 2.31 bits per heavy atom. The van der Waals surface area contributed by atoms with Gasteiger partial charge in [0.05, 0.1) is 6.61 Å². The van der Waals surface area contributed by atoms with Crippen LogP contribution in [-0.4, -0.2) is 12.6 Å². The summed E-state index contributed by atoms with van der Waals surface area (Å²) in [6.07, 6.45) is 2.79. The highest BCUT2D eigenvalue weighted by atomic mass is 16.5. The summed E-state index contributed by atoms with van der Waals surface area (Å²) in [7, 11) is 0. The number of hydrogen-bond acceptors (Lipinski definition) is 3. The van der Waals surface area contributed by atoms with Gasteiger partial charge < -0.3 is 4.74 Å². The monoisotopic (exact) mass is 177 g/mol. The lowest BCUT2D eigenvalue weighted by Crippen LogP contribution is -2.06. The molecule has 0 bridgehead atoms. The average molecular weight is 177 g/mol. The first-order valence-corrected chi connectivity index (χ1v) is 3.76. The van der Waals surface area contributed by atoms with Crippen molar-refractivity contribution in [2.24, 2.45) is 0 Å². The molecule has 0 heterocycles. The molecule has 0 aromatic heterocycles. The van der Waals surface area contributed by atoms with Gasteiger partial charge in [0.15, 0.2) is 0 Å². The first kappa shape index (κ1) is 11.2. The van der Waals surface area contributed by atoms with Crippen LogP contribution in [0.25, 0.3) is 0 Å². The van der Waals surface area contributed by atoms with Crippen LogP contribution in [0.1, 0.15) is 6.92 Å². The second-order valence-corrected chi connectivity index (χ2v) is 2.17. The van der Waals surface area contributed by atoms with E-state index in [-0.39, 0.29) is 12.2 Å². The fraction of sp³-hybridized carbons (Fsp3) is 0.200. The minimum absolute atomic E-state index is 0.0632. The van der Waals surface area contributed by atoms with Crippen molar-refractivity contribution < 1.29 is 9.53 Å². The first-order valence-electron chi connectivity index (χ1n) is 3.76. The number of nitrogens with zero attached hydrogens (tertiary/aromatic N) is 1. The molecule has 3 nitrogen and oxygen atoms in total. The molecule has 0 unspecified atom stereocenters. The number of carbonyl (C=O) groups is 1. The van der Waals surface area contributed by atoms with E-state index < -0.39 is 5.97 Å². The largest absolute Gasteiger partial charge is 0.462 e. The molecule has 0 aliphatic rings. The lowest BCUT2D eigenvalue weighted by Gasteiger charge is -1.98. The van der Waals surface area contributed by atoms with Crippen molar-refractivity contribution in [1.82, 2.24) is 0 Å². The molecule has 0 aliphatic heterocycles. The Hall–Kier alpha value is -1.82. The van der Waals surface area contributed by atoms with Crippen molar-refractivity contribution in [3.8, 4) is 6.07 Å². The maximum atomic E-state index is 11.0. The molecule has 0 aromatic carbocycles. The summed E-state index contributed by atoms with van der Waals surface area (Å²) in [6, 6.07) is 1.73. The second kappa shape index (κ2) is 5.78. The summed E-state index contributed by atoms with van der Waals surface area (Å²) in [5.41, 5.74) is 0.441. The molecule has 3 heteroatoms. The number of carbonyl (C=O) groups excluding carboxylic acids is 1. The predicted octanol–water partition coefficient (Wildman–Crippen LogP) is 1.74. The Kier molecular flexibility index (Phi) is 4.97. The highest BCUT2D eigenvalue weighted by Crippen LogP contribution is 2.02. The molecular weight excluding hydrogens is 166 g/mol. The van der Waals surface area contributed by atoms with Crippen molar-refractivity contribution >= 4 is 5.97 Å². The summed E-state index contributed by atoms with van der Waals surface area (Å²) in [6.45, 7) is 8.92. The SMILES string of the molecule is C=CC(=C)/C=C(\C#N)C(=O)OCC. The highest BCUT2D eigenvalue weighted by Gasteiger charge is 2.08. The predicted molar refractivity (Wildman–Crippen MR) is 49.7 cm³/mol. The molecule has 0 aromatic rings. The van der Waals surface area contributed by atoms with Crippen LogP contribution in [0, 0.1) is 11.3 Å². The summed E-state index contributed by atoms with van der Waals surface area (Å²) < 4.78 is 4.64. The number of hydrogen-bond donors (Lipinski definition) is 0. The number of allylic oxidation sites excluding steroid dienone is 3. The van der Waals surface area contributed by atoms with Crippen molar-refractivity contribution in [3.63, 3.8) is 0 Å². The number of rotatable bonds is 4. The van der Waals surface area contributed by atoms with Gasteiger partial charge >= 0.3 is 5.97 Å². The van der Waals surface area contributed by atoms with E-state index in [1.807, 2.05) is 0 Å². The summed E-state index contributed by atoms with van der Waals surface area (Å²) in [5.74, 6) is -0.631. The molecule has 0 rings (SSSR count). The second-order valence-electron chi connectivity index (χ2n) is 2.17. The molecule has 0 amide bonds. The zero-order chi connectivity index (χ0) is 10.3. The van der Waals surface area contributed by atoms with E-state index in [9.17, 15) is 4.79 Å². The molecule has 0 atom stereocenters. The van der Waals surface area contributed by atoms with Gasteiger partial charge in [0.1, 0.15) is 11.6 Å². The van der Waals surface area contributed by atoms with Gasteiger partial charge in [-0.2, -0.15) is 5.26 Å². The molecular formula is C10H11NO2. The number of nitriles is 1. The van der Waals surface area contributed by atoms with E-state index in [0.29, 0.717) is 5.57 Å².